The lowest BCUT2D eigenvalue weighted by atomic mass is 10.1. The summed E-state index contributed by atoms with van der Waals surface area (Å²) in [4.78, 5) is 12.3. The van der Waals surface area contributed by atoms with Crippen LogP contribution in [-0.2, 0) is 12.8 Å². The second-order valence-electron chi connectivity index (χ2n) is 5.90. The minimum absolute atomic E-state index is 0.345. The maximum absolute atomic E-state index is 10.6. The molecule has 2 aromatic heterocycles. The monoisotopic (exact) mass is 381 g/mol. The molecule has 1 aliphatic rings. The molecule has 2 aromatic rings. The zero-order valence-corrected chi connectivity index (χ0v) is 15.2. The van der Waals surface area contributed by atoms with Gasteiger partial charge in [-0.3, -0.25) is 4.90 Å². The molecule has 1 N–H and O–H groups in total. The van der Waals surface area contributed by atoms with Crippen molar-refractivity contribution in [2.45, 2.75) is 38.8 Å². The van der Waals surface area contributed by atoms with Crippen LogP contribution in [0.3, 0.4) is 0 Å². The van der Waals surface area contributed by atoms with E-state index < -0.39 is 6.23 Å². The van der Waals surface area contributed by atoms with E-state index in [1.165, 1.54) is 5.56 Å². The first kappa shape index (κ1) is 16.1. The summed E-state index contributed by atoms with van der Waals surface area (Å²) in [6, 6.07) is 1.98. The molecule has 0 amide bonds. The number of rotatable bonds is 3. The molecule has 1 aliphatic heterocycles. The first-order valence-corrected chi connectivity index (χ1v) is 9.23. The van der Waals surface area contributed by atoms with Crippen molar-refractivity contribution in [1.82, 2.24) is 14.9 Å². The third kappa shape index (κ3) is 3.25. The lowest BCUT2D eigenvalue weighted by molar-refractivity contribution is 0.00690. The number of aromatic nitrogens is 2. The lowest BCUT2D eigenvalue weighted by Gasteiger charge is -2.25. The van der Waals surface area contributed by atoms with Gasteiger partial charge in [-0.15, -0.1) is 11.3 Å². The Morgan fingerprint density at radius 2 is 2.09 bits per heavy atom. The molecular weight excluding hydrogens is 362 g/mol. The van der Waals surface area contributed by atoms with Crippen molar-refractivity contribution in [3.63, 3.8) is 0 Å². The Balaban J connectivity index is 1.77. The van der Waals surface area contributed by atoms with Crippen molar-refractivity contribution in [3.05, 3.63) is 44.1 Å². The topological polar surface area (TPSA) is 49.2 Å². The highest BCUT2D eigenvalue weighted by atomic mass is 79.9. The van der Waals surface area contributed by atoms with Crippen molar-refractivity contribution in [2.24, 2.45) is 0 Å². The van der Waals surface area contributed by atoms with Crippen LogP contribution in [0.5, 0.6) is 0 Å². The molecule has 3 heterocycles. The third-order valence-electron chi connectivity index (χ3n) is 4.02. The number of hydrogen-bond acceptors (Lipinski definition) is 5. The van der Waals surface area contributed by atoms with E-state index in [2.05, 4.69) is 39.7 Å². The van der Waals surface area contributed by atoms with Crippen molar-refractivity contribution >= 4 is 27.3 Å². The first-order valence-electron chi connectivity index (χ1n) is 7.56. The van der Waals surface area contributed by atoms with Crippen LogP contribution in [0.2, 0.25) is 0 Å². The van der Waals surface area contributed by atoms with Crippen LogP contribution < -0.4 is 0 Å². The highest BCUT2D eigenvalue weighted by Gasteiger charge is 2.24. The highest BCUT2D eigenvalue weighted by Crippen LogP contribution is 2.32. The van der Waals surface area contributed by atoms with E-state index >= 15 is 0 Å². The smallest absolute Gasteiger partial charge is 0.143 e. The molecule has 6 heteroatoms. The molecular formula is C16H20BrN3OS. The van der Waals surface area contributed by atoms with Crippen LogP contribution in [0.1, 0.15) is 48.0 Å². The second-order valence-corrected chi connectivity index (χ2v) is 7.70. The Morgan fingerprint density at radius 1 is 1.32 bits per heavy atom. The van der Waals surface area contributed by atoms with E-state index in [0.29, 0.717) is 5.92 Å². The van der Waals surface area contributed by atoms with Crippen molar-refractivity contribution in [3.8, 4) is 0 Å². The fraction of sp³-hybridized carbons (Fsp3) is 0.500. The van der Waals surface area contributed by atoms with Crippen LogP contribution in [0.25, 0.3) is 0 Å². The fourth-order valence-corrected chi connectivity index (χ4v) is 4.28. The van der Waals surface area contributed by atoms with Gasteiger partial charge >= 0.3 is 0 Å². The van der Waals surface area contributed by atoms with Crippen LogP contribution in [0.15, 0.2) is 22.1 Å². The molecule has 0 saturated carbocycles. The van der Waals surface area contributed by atoms with Gasteiger partial charge in [-0.1, -0.05) is 13.8 Å². The van der Waals surface area contributed by atoms with Gasteiger partial charge in [0.05, 0.1) is 4.88 Å². The van der Waals surface area contributed by atoms with E-state index in [1.807, 2.05) is 17.6 Å². The summed E-state index contributed by atoms with van der Waals surface area (Å²) in [6.07, 6.45) is 3.15. The summed E-state index contributed by atoms with van der Waals surface area (Å²) < 4.78 is 0.980. The van der Waals surface area contributed by atoms with Gasteiger partial charge < -0.3 is 5.11 Å². The minimum atomic E-state index is -0.554. The van der Waals surface area contributed by atoms with Crippen LogP contribution in [-0.4, -0.2) is 33.1 Å². The van der Waals surface area contributed by atoms with Crippen LogP contribution >= 0.6 is 27.3 Å². The van der Waals surface area contributed by atoms with Crippen molar-refractivity contribution in [2.75, 3.05) is 13.1 Å². The normalized spacial score (nSPS) is 17.3. The molecule has 118 valence electrons. The average Bonchev–Trinajstić information content (AvgIpc) is 2.81. The Bertz CT molecular complexity index is 659. The molecule has 3 rings (SSSR count). The SMILES string of the molecule is CC(C)c1ncc2c(n1)CCN(C(O)c1sccc1Br)CC2. The largest absolute Gasteiger partial charge is 0.373 e. The van der Waals surface area contributed by atoms with Gasteiger partial charge in [0.25, 0.3) is 0 Å². The number of halogens is 1. The molecule has 0 saturated heterocycles. The summed E-state index contributed by atoms with van der Waals surface area (Å²) in [6.45, 7) is 5.86. The molecule has 1 atom stereocenters. The summed E-state index contributed by atoms with van der Waals surface area (Å²) in [5.41, 5.74) is 2.35. The Hall–Kier alpha value is -0.820. The second kappa shape index (κ2) is 6.74. The zero-order chi connectivity index (χ0) is 15.7. The van der Waals surface area contributed by atoms with Gasteiger partial charge in [0.2, 0.25) is 0 Å². The number of fused-ring (bicyclic) bond motifs is 1. The van der Waals surface area contributed by atoms with Crippen molar-refractivity contribution in [1.29, 1.82) is 0 Å². The quantitative estimate of drug-likeness (QED) is 0.883. The van der Waals surface area contributed by atoms with Crippen LogP contribution in [0, 0.1) is 0 Å². The van der Waals surface area contributed by atoms with Gasteiger partial charge in [0.1, 0.15) is 12.1 Å². The van der Waals surface area contributed by atoms with E-state index in [-0.39, 0.29) is 0 Å². The molecule has 0 aromatic carbocycles. The standard InChI is InChI=1S/C16H20BrN3OS/c1-10(2)15-18-9-11-3-6-20(7-4-13(11)19-15)16(21)14-12(17)5-8-22-14/h5,8-10,16,21H,3-4,6-7H2,1-2H3. The first-order chi connectivity index (χ1) is 10.6. The van der Waals surface area contributed by atoms with Crippen molar-refractivity contribution < 1.29 is 5.11 Å². The molecule has 0 aliphatic carbocycles. The highest BCUT2D eigenvalue weighted by molar-refractivity contribution is 9.10. The summed E-state index contributed by atoms with van der Waals surface area (Å²) in [5.74, 6) is 1.26. The molecule has 0 bridgehead atoms. The Morgan fingerprint density at radius 3 is 2.77 bits per heavy atom. The number of hydrogen-bond donors (Lipinski definition) is 1. The van der Waals surface area contributed by atoms with E-state index in [0.717, 1.165) is 46.8 Å². The molecule has 0 fully saturated rings. The minimum Gasteiger partial charge on any atom is -0.373 e. The summed E-state index contributed by atoms with van der Waals surface area (Å²) in [5, 5.41) is 12.6. The van der Waals surface area contributed by atoms with Crippen LogP contribution in [0.4, 0.5) is 0 Å². The third-order valence-corrected chi connectivity index (χ3v) is 5.93. The zero-order valence-electron chi connectivity index (χ0n) is 12.8. The van der Waals surface area contributed by atoms with Gasteiger partial charge in [0, 0.05) is 41.8 Å². The molecule has 0 spiro atoms. The number of aliphatic hydroxyl groups is 1. The van der Waals surface area contributed by atoms with Gasteiger partial charge in [-0.2, -0.15) is 0 Å². The lowest BCUT2D eigenvalue weighted by Crippen LogP contribution is -2.30. The predicted molar refractivity (Wildman–Crippen MR) is 92.1 cm³/mol. The predicted octanol–water partition coefficient (Wildman–Crippen LogP) is 3.52. The fourth-order valence-electron chi connectivity index (χ4n) is 2.69. The van der Waals surface area contributed by atoms with Gasteiger partial charge in [-0.25, -0.2) is 9.97 Å². The number of nitrogens with zero attached hydrogens (tertiary/aromatic N) is 3. The maximum atomic E-state index is 10.6. The van der Waals surface area contributed by atoms with E-state index in [9.17, 15) is 5.11 Å². The Kier molecular flexibility index (Phi) is 4.92. The Labute approximate surface area is 143 Å². The molecule has 4 nitrogen and oxygen atoms in total. The maximum Gasteiger partial charge on any atom is 0.143 e. The summed E-state index contributed by atoms with van der Waals surface area (Å²) in [7, 11) is 0. The number of aliphatic hydroxyl groups excluding tert-OH is 1. The molecule has 1 unspecified atom stereocenters. The van der Waals surface area contributed by atoms with E-state index in [1.54, 1.807) is 11.3 Å². The summed E-state index contributed by atoms with van der Waals surface area (Å²) >= 11 is 5.09. The van der Waals surface area contributed by atoms with E-state index in [4.69, 9.17) is 4.98 Å². The molecule has 0 radical (unpaired) electrons. The van der Waals surface area contributed by atoms with Gasteiger partial charge in [0.15, 0.2) is 0 Å². The molecule has 22 heavy (non-hydrogen) atoms. The average molecular weight is 382 g/mol. The number of thiophene rings is 1. The van der Waals surface area contributed by atoms with Gasteiger partial charge in [-0.05, 0) is 39.4 Å².